The summed E-state index contributed by atoms with van der Waals surface area (Å²) in [5, 5.41) is 5.91. The van der Waals surface area contributed by atoms with E-state index in [2.05, 4.69) is 28.2 Å². The molecule has 1 saturated heterocycles. The van der Waals surface area contributed by atoms with Crippen LogP contribution < -0.4 is 0 Å². The third kappa shape index (κ3) is 5.84. The number of nitrogens with zero attached hydrogens (tertiary/aromatic N) is 5. The number of fused-ring (bicyclic) bond motifs is 2. The van der Waals surface area contributed by atoms with Crippen molar-refractivity contribution in [3.8, 4) is 22.6 Å². The third-order valence-electron chi connectivity index (χ3n) is 7.83. The molecule has 10 heteroatoms. The number of H-pyrrole nitrogens is 1. The molecule has 3 aromatic heterocycles. The Morgan fingerprint density at radius 2 is 2.02 bits per heavy atom. The highest BCUT2D eigenvalue weighted by Gasteiger charge is 2.25. The number of carbonyl (C=O) groups is 1. The van der Waals surface area contributed by atoms with Crippen LogP contribution in [0.1, 0.15) is 64.3 Å². The molecule has 0 saturated carbocycles. The van der Waals surface area contributed by atoms with Crippen LogP contribution in [-0.4, -0.2) is 54.5 Å². The van der Waals surface area contributed by atoms with Gasteiger partial charge >= 0.3 is 6.09 Å². The summed E-state index contributed by atoms with van der Waals surface area (Å²) in [5.41, 5.74) is 6.20. The number of benzene rings is 2. The SMILES string of the molecule is CCN(Cc1cncc(-c2ccc3c(c2)c(-c2nc4ccc(F)cc4[nH]2)nn3[C@@H]2CCCCO2)c1C)C(=O)OC(C)(C)C. The lowest BCUT2D eigenvalue weighted by Gasteiger charge is -2.27. The van der Waals surface area contributed by atoms with Crippen LogP contribution in [0.2, 0.25) is 0 Å². The van der Waals surface area contributed by atoms with Gasteiger partial charge in [0.2, 0.25) is 0 Å². The van der Waals surface area contributed by atoms with Crippen LogP contribution in [0.25, 0.3) is 44.6 Å². The zero-order valence-electron chi connectivity index (χ0n) is 25.3. The van der Waals surface area contributed by atoms with E-state index in [1.54, 1.807) is 11.0 Å². The van der Waals surface area contributed by atoms with Crippen molar-refractivity contribution in [2.45, 2.75) is 72.3 Å². The van der Waals surface area contributed by atoms with Gasteiger partial charge in [-0.3, -0.25) is 4.98 Å². The van der Waals surface area contributed by atoms with Gasteiger partial charge in [-0.25, -0.2) is 18.9 Å². The highest BCUT2D eigenvalue weighted by Crippen LogP contribution is 2.36. The van der Waals surface area contributed by atoms with E-state index in [1.807, 2.05) is 51.7 Å². The molecule has 43 heavy (non-hydrogen) atoms. The van der Waals surface area contributed by atoms with Gasteiger partial charge in [-0.2, -0.15) is 5.10 Å². The van der Waals surface area contributed by atoms with Gasteiger partial charge in [0, 0.05) is 36.5 Å². The molecule has 1 atom stereocenters. The van der Waals surface area contributed by atoms with Crippen molar-refractivity contribution in [3.63, 3.8) is 0 Å². The van der Waals surface area contributed by atoms with Crippen LogP contribution >= 0.6 is 0 Å². The average Bonchev–Trinajstić information content (AvgIpc) is 3.57. The number of hydrogen-bond donors (Lipinski definition) is 1. The number of rotatable bonds is 6. The molecule has 6 rings (SSSR count). The van der Waals surface area contributed by atoms with Crippen molar-refractivity contribution >= 4 is 28.0 Å². The molecular formula is C33H37FN6O3. The predicted molar refractivity (Wildman–Crippen MR) is 164 cm³/mol. The molecule has 1 amide bonds. The molecule has 2 aromatic carbocycles. The fourth-order valence-corrected chi connectivity index (χ4v) is 5.57. The first-order valence-electron chi connectivity index (χ1n) is 14.8. The minimum Gasteiger partial charge on any atom is -0.444 e. The van der Waals surface area contributed by atoms with E-state index >= 15 is 0 Å². The summed E-state index contributed by atoms with van der Waals surface area (Å²) in [7, 11) is 0. The first kappa shape index (κ1) is 28.8. The summed E-state index contributed by atoms with van der Waals surface area (Å²) in [6.45, 7) is 11.2. The fraction of sp³-hybridized carbons (Fsp3) is 0.394. The predicted octanol–water partition coefficient (Wildman–Crippen LogP) is 7.55. The Hall–Kier alpha value is -4.31. The monoisotopic (exact) mass is 584 g/mol. The molecule has 1 aliphatic heterocycles. The van der Waals surface area contributed by atoms with Gasteiger partial charge in [-0.1, -0.05) is 6.07 Å². The number of pyridine rings is 1. The molecule has 9 nitrogen and oxygen atoms in total. The van der Waals surface area contributed by atoms with E-state index in [9.17, 15) is 9.18 Å². The Morgan fingerprint density at radius 3 is 2.77 bits per heavy atom. The van der Waals surface area contributed by atoms with Crippen LogP contribution in [0, 0.1) is 12.7 Å². The van der Waals surface area contributed by atoms with Crippen LogP contribution in [0.15, 0.2) is 48.8 Å². The van der Waals surface area contributed by atoms with E-state index in [-0.39, 0.29) is 18.1 Å². The largest absolute Gasteiger partial charge is 0.444 e. The highest BCUT2D eigenvalue weighted by atomic mass is 19.1. The van der Waals surface area contributed by atoms with Crippen molar-refractivity contribution < 1.29 is 18.7 Å². The first-order chi connectivity index (χ1) is 20.6. The van der Waals surface area contributed by atoms with Crippen LogP contribution in [0.5, 0.6) is 0 Å². The molecule has 1 fully saturated rings. The Balaban J connectivity index is 1.42. The second kappa shape index (κ2) is 11.4. The number of hydrogen-bond acceptors (Lipinski definition) is 6. The van der Waals surface area contributed by atoms with Crippen LogP contribution in [-0.2, 0) is 16.0 Å². The number of imidazole rings is 1. The Kier molecular flexibility index (Phi) is 7.64. The molecule has 0 bridgehead atoms. The second-order valence-corrected chi connectivity index (χ2v) is 12.1. The number of carbonyl (C=O) groups excluding carboxylic acids is 1. The summed E-state index contributed by atoms with van der Waals surface area (Å²) in [6.07, 6.45) is 6.11. The molecule has 1 N–H and O–H groups in total. The van der Waals surface area contributed by atoms with Crippen molar-refractivity contribution in [1.29, 1.82) is 0 Å². The molecule has 1 aliphatic rings. The smallest absolute Gasteiger partial charge is 0.410 e. The average molecular weight is 585 g/mol. The quantitative estimate of drug-likeness (QED) is 0.221. The number of ether oxygens (including phenoxy) is 2. The topological polar surface area (TPSA) is 98.2 Å². The van der Waals surface area contributed by atoms with Gasteiger partial charge in [-0.05, 0) is 101 Å². The van der Waals surface area contributed by atoms with Gasteiger partial charge in [-0.15, -0.1) is 0 Å². The normalized spacial score (nSPS) is 15.7. The van der Waals surface area contributed by atoms with E-state index in [1.165, 1.54) is 12.1 Å². The summed E-state index contributed by atoms with van der Waals surface area (Å²) >= 11 is 0. The number of aromatic amines is 1. The maximum absolute atomic E-state index is 14.0. The number of nitrogens with one attached hydrogen (secondary N) is 1. The summed E-state index contributed by atoms with van der Waals surface area (Å²) in [6, 6.07) is 10.7. The molecule has 0 spiro atoms. The third-order valence-corrected chi connectivity index (χ3v) is 7.83. The number of aromatic nitrogens is 5. The zero-order valence-corrected chi connectivity index (χ0v) is 25.3. The lowest BCUT2D eigenvalue weighted by Crippen LogP contribution is -2.36. The van der Waals surface area contributed by atoms with Crippen LogP contribution in [0.4, 0.5) is 9.18 Å². The molecule has 224 valence electrons. The minimum atomic E-state index is -0.576. The maximum Gasteiger partial charge on any atom is 0.410 e. The Morgan fingerprint density at radius 1 is 1.19 bits per heavy atom. The fourth-order valence-electron chi connectivity index (χ4n) is 5.57. The van der Waals surface area contributed by atoms with Gasteiger partial charge in [0.15, 0.2) is 12.1 Å². The van der Waals surface area contributed by atoms with Crippen molar-refractivity contribution in [2.75, 3.05) is 13.2 Å². The standard InChI is InChI=1S/C33H37FN6O3/c1-6-39(32(41)43-33(3,4)5)19-22-17-35-18-25(20(22)2)21-10-13-28-24(15-21)30(38-40(28)29-9-7-8-14-42-29)31-36-26-12-11-23(34)16-27(26)37-31/h10-13,15-18,29H,6-9,14,19H2,1-5H3,(H,36,37)/t29-/m0/s1. The van der Waals surface area contributed by atoms with Crippen molar-refractivity contribution in [3.05, 3.63) is 65.7 Å². The molecule has 0 radical (unpaired) electrons. The Bertz CT molecular complexity index is 1800. The van der Waals surface area contributed by atoms with Gasteiger partial charge < -0.3 is 19.4 Å². The maximum atomic E-state index is 14.0. The van der Waals surface area contributed by atoms with E-state index in [0.29, 0.717) is 42.2 Å². The first-order valence-corrected chi connectivity index (χ1v) is 14.8. The van der Waals surface area contributed by atoms with Gasteiger partial charge in [0.1, 0.15) is 17.1 Å². The highest BCUT2D eigenvalue weighted by molar-refractivity contribution is 5.96. The number of halogens is 1. The number of amides is 1. The van der Waals surface area contributed by atoms with Crippen molar-refractivity contribution in [2.24, 2.45) is 0 Å². The van der Waals surface area contributed by atoms with Gasteiger partial charge in [0.25, 0.3) is 0 Å². The molecule has 0 aliphatic carbocycles. The lowest BCUT2D eigenvalue weighted by atomic mass is 9.97. The van der Waals surface area contributed by atoms with E-state index in [4.69, 9.17) is 19.6 Å². The second-order valence-electron chi connectivity index (χ2n) is 12.1. The van der Waals surface area contributed by atoms with Crippen LogP contribution in [0.3, 0.4) is 0 Å². The summed E-state index contributed by atoms with van der Waals surface area (Å²) < 4.78 is 27.6. The molecule has 5 aromatic rings. The van der Waals surface area contributed by atoms with Gasteiger partial charge in [0.05, 0.1) is 23.1 Å². The lowest BCUT2D eigenvalue weighted by molar-refractivity contribution is -0.0365. The summed E-state index contributed by atoms with van der Waals surface area (Å²) in [4.78, 5) is 27.1. The summed E-state index contributed by atoms with van der Waals surface area (Å²) in [5.74, 6) is 0.240. The Labute approximate surface area is 250 Å². The van der Waals surface area contributed by atoms with Crippen molar-refractivity contribution in [1.82, 2.24) is 29.6 Å². The van der Waals surface area contributed by atoms with E-state index < -0.39 is 5.60 Å². The van der Waals surface area contributed by atoms with E-state index in [0.717, 1.165) is 52.4 Å². The molecule has 4 heterocycles. The minimum absolute atomic E-state index is 0.169. The molecular weight excluding hydrogens is 547 g/mol. The molecule has 0 unspecified atom stereocenters. The zero-order chi connectivity index (χ0) is 30.3.